The van der Waals surface area contributed by atoms with E-state index in [1.165, 1.54) is 18.2 Å². The third-order valence-corrected chi connectivity index (χ3v) is 10.5. The Balaban J connectivity index is 1.32. The molecule has 0 spiro atoms. The first-order chi connectivity index (χ1) is 22.3. The number of aryl methyl sites for hydroxylation is 1. The second-order valence-electron chi connectivity index (χ2n) is 13.4. The summed E-state index contributed by atoms with van der Waals surface area (Å²) in [6.07, 6.45) is 3.68. The van der Waals surface area contributed by atoms with Crippen LogP contribution in [0.5, 0.6) is 11.8 Å². The van der Waals surface area contributed by atoms with Crippen LogP contribution in [-0.2, 0) is 13.0 Å². The Kier molecular flexibility index (Phi) is 7.22. The quantitative estimate of drug-likeness (QED) is 0.266. The number of pyridine rings is 1. The maximum absolute atomic E-state index is 17.1. The molecular formula is C34H38F3N7O2. The predicted molar refractivity (Wildman–Crippen MR) is 170 cm³/mol. The van der Waals surface area contributed by atoms with Gasteiger partial charge in [0.1, 0.15) is 41.4 Å². The molecule has 4 atom stereocenters. The molecule has 0 amide bonds. The Morgan fingerprint density at radius 2 is 1.89 bits per heavy atom. The summed E-state index contributed by atoms with van der Waals surface area (Å²) in [4.78, 5) is 18.5. The molecule has 46 heavy (non-hydrogen) atoms. The van der Waals surface area contributed by atoms with Gasteiger partial charge in [-0.15, -0.1) is 0 Å². The molecule has 12 heteroatoms. The monoisotopic (exact) mass is 633 g/mol. The summed E-state index contributed by atoms with van der Waals surface area (Å²) >= 11 is 0. The number of phenolic OH excluding ortho intramolecular Hbond substituents is 1. The number of nitrogens with two attached hydrogens (primary N) is 1. The van der Waals surface area contributed by atoms with E-state index in [1.807, 2.05) is 6.92 Å². The Bertz CT molecular complexity index is 1850. The van der Waals surface area contributed by atoms with Gasteiger partial charge in [0.2, 0.25) is 0 Å². The van der Waals surface area contributed by atoms with Crippen molar-refractivity contribution in [1.82, 2.24) is 25.2 Å². The fourth-order valence-corrected chi connectivity index (χ4v) is 8.47. The molecule has 4 saturated heterocycles. The molecule has 2 aromatic heterocycles. The van der Waals surface area contributed by atoms with E-state index >= 15 is 8.78 Å². The fraction of sp³-hybridized carbons (Fsp3) is 0.500. The molecule has 242 valence electrons. The molecule has 9 nitrogen and oxygen atoms in total. The van der Waals surface area contributed by atoms with Crippen molar-refractivity contribution in [3.8, 4) is 23.0 Å². The summed E-state index contributed by atoms with van der Waals surface area (Å²) in [7, 11) is 0. The summed E-state index contributed by atoms with van der Waals surface area (Å²) in [5.74, 6) is -0.743. The minimum Gasteiger partial charge on any atom is -0.508 e. The lowest BCUT2D eigenvalue weighted by atomic mass is 9.94. The van der Waals surface area contributed by atoms with Crippen LogP contribution in [0.2, 0.25) is 0 Å². The Morgan fingerprint density at radius 3 is 2.65 bits per heavy atom. The number of nitrogens with one attached hydrogen (secondary N) is 1. The molecule has 4 aliphatic rings. The second kappa shape index (κ2) is 11.2. The molecule has 2 bridgehead atoms. The molecular weight excluding hydrogens is 595 g/mol. The van der Waals surface area contributed by atoms with E-state index in [2.05, 4.69) is 20.1 Å². The SMILES string of the molecule is CCc1c(F)ccc2cc(O)cc(-c3nc(CN)c4c(N5C[C@H]6CC[C@@H](C5)N6)nc(OC[C@@]56CCCN5C[C@H](F)C6)nc4c3F)c12. The minimum atomic E-state index is -0.915. The first kappa shape index (κ1) is 29.6. The largest absolute Gasteiger partial charge is 0.508 e. The summed E-state index contributed by atoms with van der Waals surface area (Å²) in [5.41, 5.74) is 6.82. The highest BCUT2D eigenvalue weighted by molar-refractivity contribution is 6.02. The van der Waals surface area contributed by atoms with Gasteiger partial charge in [-0.1, -0.05) is 13.0 Å². The maximum Gasteiger partial charge on any atom is 0.319 e. The molecule has 4 N–H and O–H groups in total. The number of halogens is 3. The predicted octanol–water partition coefficient (Wildman–Crippen LogP) is 4.75. The van der Waals surface area contributed by atoms with Gasteiger partial charge in [-0.2, -0.15) is 9.97 Å². The minimum absolute atomic E-state index is 0.00200. The molecule has 2 aromatic carbocycles. The van der Waals surface area contributed by atoms with Crippen LogP contribution in [0.25, 0.3) is 32.9 Å². The van der Waals surface area contributed by atoms with Crippen LogP contribution in [0.1, 0.15) is 50.3 Å². The number of benzene rings is 2. The summed E-state index contributed by atoms with van der Waals surface area (Å²) < 4.78 is 52.9. The van der Waals surface area contributed by atoms with Gasteiger partial charge >= 0.3 is 6.01 Å². The number of rotatable bonds is 7. The number of hydrogen-bond donors (Lipinski definition) is 3. The van der Waals surface area contributed by atoms with Crippen LogP contribution in [0.4, 0.5) is 19.0 Å². The van der Waals surface area contributed by atoms with Crippen molar-refractivity contribution >= 4 is 27.5 Å². The van der Waals surface area contributed by atoms with Crippen molar-refractivity contribution in [2.24, 2.45) is 5.73 Å². The first-order valence-electron chi connectivity index (χ1n) is 16.3. The van der Waals surface area contributed by atoms with Crippen LogP contribution in [-0.4, -0.2) is 81.5 Å². The van der Waals surface area contributed by atoms with E-state index < -0.39 is 23.3 Å². The number of hydrogen-bond acceptors (Lipinski definition) is 9. The van der Waals surface area contributed by atoms with Crippen LogP contribution in [0, 0.1) is 11.6 Å². The molecule has 0 aliphatic carbocycles. The Morgan fingerprint density at radius 1 is 1.09 bits per heavy atom. The van der Waals surface area contributed by atoms with Crippen molar-refractivity contribution in [3.63, 3.8) is 0 Å². The number of aromatic hydroxyl groups is 1. The van der Waals surface area contributed by atoms with Crippen molar-refractivity contribution in [2.45, 2.75) is 75.8 Å². The van der Waals surface area contributed by atoms with Gasteiger partial charge < -0.3 is 25.8 Å². The number of anilines is 1. The number of piperazine rings is 1. The highest BCUT2D eigenvalue weighted by atomic mass is 19.1. The lowest BCUT2D eigenvalue weighted by Crippen LogP contribution is -2.51. The smallest absolute Gasteiger partial charge is 0.319 e. The molecule has 0 unspecified atom stereocenters. The zero-order valence-electron chi connectivity index (χ0n) is 25.8. The van der Waals surface area contributed by atoms with Gasteiger partial charge in [-0.3, -0.25) is 4.90 Å². The van der Waals surface area contributed by atoms with E-state index in [0.29, 0.717) is 65.7 Å². The molecule has 4 aliphatic heterocycles. The van der Waals surface area contributed by atoms with Gasteiger partial charge in [0.15, 0.2) is 5.82 Å². The highest BCUT2D eigenvalue weighted by Gasteiger charge is 2.49. The number of aromatic nitrogens is 3. The first-order valence-corrected chi connectivity index (χ1v) is 16.3. The molecule has 0 saturated carbocycles. The van der Waals surface area contributed by atoms with Gasteiger partial charge in [0.25, 0.3) is 0 Å². The van der Waals surface area contributed by atoms with Crippen LogP contribution in [0.15, 0.2) is 24.3 Å². The van der Waals surface area contributed by atoms with Gasteiger partial charge in [-0.05, 0) is 73.2 Å². The van der Waals surface area contributed by atoms with Gasteiger partial charge in [0, 0.05) is 50.2 Å². The van der Waals surface area contributed by atoms with E-state index in [4.69, 9.17) is 20.4 Å². The van der Waals surface area contributed by atoms with Gasteiger partial charge in [0.05, 0.1) is 16.6 Å². The number of nitrogens with zero attached hydrogens (tertiary/aromatic N) is 5. The third-order valence-electron chi connectivity index (χ3n) is 10.5. The number of phenols is 1. The van der Waals surface area contributed by atoms with E-state index in [1.54, 1.807) is 6.07 Å². The topological polar surface area (TPSA) is 113 Å². The van der Waals surface area contributed by atoms with Crippen molar-refractivity contribution in [2.75, 3.05) is 37.7 Å². The van der Waals surface area contributed by atoms with Crippen LogP contribution < -0.4 is 20.7 Å². The summed E-state index contributed by atoms with van der Waals surface area (Å²) in [5, 5.41) is 15.7. The van der Waals surface area contributed by atoms with E-state index in [-0.39, 0.29) is 53.8 Å². The molecule has 4 aromatic rings. The van der Waals surface area contributed by atoms with Crippen LogP contribution in [0.3, 0.4) is 0 Å². The van der Waals surface area contributed by atoms with Crippen LogP contribution >= 0.6 is 0 Å². The van der Waals surface area contributed by atoms with E-state index in [9.17, 15) is 9.50 Å². The normalized spacial score (nSPS) is 26.0. The average Bonchev–Trinajstić information content (AvgIpc) is 3.70. The van der Waals surface area contributed by atoms with Crippen molar-refractivity contribution in [1.29, 1.82) is 0 Å². The fourth-order valence-electron chi connectivity index (χ4n) is 8.47. The van der Waals surface area contributed by atoms with Crippen molar-refractivity contribution in [3.05, 3.63) is 47.2 Å². The summed E-state index contributed by atoms with van der Waals surface area (Å²) in [6, 6.07) is 6.42. The molecule has 4 fully saturated rings. The molecule has 0 radical (unpaired) electrons. The number of fused-ring (bicyclic) bond motifs is 5. The molecule has 8 rings (SSSR count). The zero-order chi connectivity index (χ0) is 31.7. The Hall–Kier alpha value is -3.74. The standard InChI is InChI=1S/C34H38F3N7O2/c1-2-23-25(36)7-4-18-10-22(45)11-24(27(18)23)30-29(37)31-28(26(13-38)40-30)32(43-15-20-5-6-21(16-43)39-20)42-33(41-31)46-17-34-8-3-9-44(34)14-19(35)12-34/h4,7,10-11,19-21,39,45H,2-3,5-6,8-9,12-17,38H2,1H3/t19-,20-,21+,34+/m1/s1. The average molecular weight is 634 g/mol. The maximum atomic E-state index is 17.1. The van der Waals surface area contributed by atoms with Crippen molar-refractivity contribution < 1.29 is 23.0 Å². The lowest BCUT2D eigenvalue weighted by Gasteiger charge is -2.35. The third kappa shape index (κ3) is 4.75. The highest BCUT2D eigenvalue weighted by Crippen LogP contribution is 2.43. The lowest BCUT2D eigenvalue weighted by molar-refractivity contribution is 0.107. The number of alkyl halides is 1. The molecule has 6 heterocycles. The summed E-state index contributed by atoms with van der Waals surface area (Å²) in [6.45, 7) is 4.55. The van der Waals surface area contributed by atoms with E-state index in [0.717, 1.165) is 32.2 Å². The zero-order valence-corrected chi connectivity index (χ0v) is 25.8. The number of ether oxygens (including phenoxy) is 1. The second-order valence-corrected chi connectivity index (χ2v) is 13.4. The van der Waals surface area contributed by atoms with Gasteiger partial charge in [-0.25, -0.2) is 18.2 Å². The Labute approximate surface area is 265 Å².